The number of carbonyl (C=O) groups is 1. The summed E-state index contributed by atoms with van der Waals surface area (Å²) in [5.41, 5.74) is 6.63. The molecular formula is C39H42BrN2O7+. The van der Waals surface area contributed by atoms with Gasteiger partial charge < -0.3 is 33.3 Å². The van der Waals surface area contributed by atoms with Gasteiger partial charge in [-0.3, -0.25) is 4.90 Å². The predicted molar refractivity (Wildman–Crippen MR) is 190 cm³/mol. The van der Waals surface area contributed by atoms with Gasteiger partial charge in [0.05, 0.1) is 34.9 Å². The van der Waals surface area contributed by atoms with E-state index in [0.717, 1.165) is 57.2 Å². The molecule has 4 aromatic rings. The minimum absolute atomic E-state index is 0.00656. The molecule has 3 atom stereocenters. The molecule has 10 heteroatoms. The van der Waals surface area contributed by atoms with E-state index in [4.69, 9.17) is 23.7 Å². The number of carboxylic acid groups (broad SMARTS) is 1. The summed E-state index contributed by atoms with van der Waals surface area (Å²) in [4.78, 5) is 14.6. The molecule has 6 bridgehead atoms. The molecule has 0 radical (unpaired) electrons. The Morgan fingerprint density at radius 1 is 0.878 bits per heavy atom. The lowest BCUT2D eigenvalue weighted by Gasteiger charge is -2.45. The number of ether oxygens (including phenoxy) is 5. The lowest BCUT2D eigenvalue weighted by molar-refractivity contribution is -0.934. The number of hydrogen-bond donors (Lipinski definition) is 1. The van der Waals surface area contributed by atoms with Crippen LogP contribution < -0.4 is 23.7 Å². The number of nitrogens with zero attached hydrogens (tertiary/aromatic N) is 2. The van der Waals surface area contributed by atoms with Crippen LogP contribution in [-0.2, 0) is 30.5 Å². The van der Waals surface area contributed by atoms with E-state index in [1.54, 1.807) is 21.3 Å². The van der Waals surface area contributed by atoms with Crippen LogP contribution >= 0.6 is 15.9 Å². The van der Waals surface area contributed by atoms with Crippen molar-refractivity contribution in [3.05, 3.63) is 98.5 Å². The zero-order valence-electron chi connectivity index (χ0n) is 28.5. The number of halogens is 1. The highest BCUT2D eigenvalue weighted by Gasteiger charge is 2.42. The highest BCUT2D eigenvalue weighted by atomic mass is 79.9. The molecule has 0 aliphatic carbocycles. The second-order valence-corrected chi connectivity index (χ2v) is 14.3. The van der Waals surface area contributed by atoms with Crippen molar-refractivity contribution < 1.29 is 38.1 Å². The van der Waals surface area contributed by atoms with Crippen LogP contribution in [-0.4, -0.2) is 75.5 Å². The minimum atomic E-state index is -0.822. The van der Waals surface area contributed by atoms with Crippen molar-refractivity contribution >= 4 is 21.9 Å². The molecule has 0 fully saturated rings. The summed E-state index contributed by atoms with van der Waals surface area (Å²) in [5.74, 6) is 3.76. The van der Waals surface area contributed by atoms with E-state index >= 15 is 0 Å². The number of fused-ring (bicyclic) bond motifs is 2. The zero-order chi connectivity index (χ0) is 34.4. The average molecular weight is 731 g/mol. The van der Waals surface area contributed by atoms with Crippen LogP contribution in [0.4, 0.5) is 0 Å². The molecule has 8 rings (SSSR count). The van der Waals surface area contributed by atoms with Crippen molar-refractivity contribution in [1.82, 2.24) is 4.90 Å². The van der Waals surface area contributed by atoms with E-state index in [2.05, 4.69) is 70.3 Å². The van der Waals surface area contributed by atoms with Crippen LogP contribution in [0.2, 0.25) is 0 Å². The maximum atomic E-state index is 12.2. The average Bonchev–Trinajstić information content (AvgIpc) is 3.08. The normalized spacial score (nSPS) is 21.3. The molecular weight excluding hydrogens is 688 g/mol. The zero-order valence-corrected chi connectivity index (χ0v) is 30.1. The summed E-state index contributed by atoms with van der Waals surface area (Å²) in [6.07, 6.45) is 2.89. The first-order chi connectivity index (χ1) is 23.6. The summed E-state index contributed by atoms with van der Waals surface area (Å²) in [5, 5.41) is 10.0. The molecule has 4 aromatic carbocycles. The third kappa shape index (κ3) is 6.22. The predicted octanol–water partition coefficient (Wildman–Crippen LogP) is 7.52. The van der Waals surface area contributed by atoms with Gasteiger partial charge in [0, 0.05) is 36.6 Å². The highest BCUT2D eigenvalue weighted by molar-refractivity contribution is 9.10. The fraction of sp³-hybridized carbons (Fsp3) is 0.359. The van der Waals surface area contributed by atoms with E-state index < -0.39 is 5.97 Å². The third-order valence-corrected chi connectivity index (χ3v) is 11.3. The highest BCUT2D eigenvalue weighted by Crippen LogP contribution is 2.51. The maximum absolute atomic E-state index is 12.2. The summed E-state index contributed by atoms with van der Waals surface area (Å²) >= 11 is 3.86. The van der Waals surface area contributed by atoms with Crippen LogP contribution in [0.15, 0.2) is 65.1 Å². The molecule has 9 nitrogen and oxygen atoms in total. The van der Waals surface area contributed by atoms with Gasteiger partial charge in [0.25, 0.3) is 0 Å². The van der Waals surface area contributed by atoms with Gasteiger partial charge in [-0.25, -0.2) is 4.79 Å². The van der Waals surface area contributed by atoms with Crippen molar-refractivity contribution in [3.8, 4) is 40.2 Å². The first-order valence-corrected chi connectivity index (χ1v) is 17.4. The number of benzene rings is 4. The van der Waals surface area contributed by atoms with E-state index in [9.17, 15) is 9.90 Å². The minimum Gasteiger partial charge on any atom is -0.495 e. The molecule has 0 saturated carbocycles. The number of methoxy groups -OCH3 is 3. The van der Waals surface area contributed by atoms with Gasteiger partial charge >= 0.3 is 5.97 Å². The van der Waals surface area contributed by atoms with Crippen molar-refractivity contribution in [2.45, 2.75) is 37.8 Å². The van der Waals surface area contributed by atoms with Gasteiger partial charge in [0.15, 0.2) is 35.3 Å². The largest absolute Gasteiger partial charge is 0.495 e. The number of aliphatic carboxylic acids is 1. The molecule has 4 aliphatic heterocycles. The van der Waals surface area contributed by atoms with E-state index in [1.807, 2.05) is 25.2 Å². The smallest absolute Gasteiger partial charge is 0.359 e. The van der Waals surface area contributed by atoms with Crippen LogP contribution in [0.3, 0.4) is 0 Å². The quantitative estimate of drug-likeness (QED) is 0.211. The van der Waals surface area contributed by atoms with Crippen LogP contribution in [0.25, 0.3) is 0 Å². The SMILES string of the molecule is COc1ccc2cc1Oc1ccc(cc1)CC1c3cc(c(OC)cc3CC[N+]1(C)CC(=O)O)Oc1c(Br)c(OC)cc3c1C(C2)N(C)CC3. The van der Waals surface area contributed by atoms with Crippen molar-refractivity contribution in [2.75, 3.05) is 55.1 Å². The molecule has 1 N–H and O–H groups in total. The number of carboxylic acids is 1. The van der Waals surface area contributed by atoms with Gasteiger partial charge in [-0.1, -0.05) is 18.2 Å². The molecule has 256 valence electrons. The van der Waals surface area contributed by atoms with Crippen LogP contribution in [0, 0.1) is 0 Å². The number of rotatable bonds is 5. The second-order valence-electron chi connectivity index (χ2n) is 13.5. The Kier molecular flexibility index (Phi) is 8.98. The Morgan fingerprint density at radius 3 is 2.29 bits per heavy atom. The summed E-state index contributed by atoms with van der Waals surface area (Å²) < 4.78 is 32.1. The molecule has 0 spiro atoms. The lowest BCUT2D eigenvalue weighted by atomic mass is 9.86. The first-order valence-electron chi connectivity index (χ1n) is 16.6. The Morgan fingerprint density at radius 2 is 1.57 bits per heavy atom. The molecule has 4 heterocycles. The van der Waals surface area contributed by atoms with Crippen molar-refractivity contribution in [2.24, 2.45) is 0 Å². The monoisotopic (exact) mass is 729 g/mol. The van der Waals surface area contributed by atoms with Gasteiger partial charge in [-0.05, 0) is 101 Å². The summed E-state index contributed by atoms with van der Waals surface area (Å²) in [6.45, 7) is 1.57. The number of quaternary nitrogens is 1. The third-order valence-electron chi connectivity index (χ3n) is 10.5. The van der Waals surface area contributed by atoms with Crippen molar-refractivity contribution in [1.29, 1.82) is 0 Å². The number of likely N-dealkylation sites (N-methyl/N-ethyl adjacent to an activating group) is 2. The van der Waals surface area contributed by atoms with Crippen LogP contribution in [0.5, 0.6) is 40.2 Å². The maximum Gasteiger partial charge on any atom is 0.359 e. The number of hydrogen-bond acceptors (Lipinski definition) is 7. The second kappa shape index (κ2) is 13.2. The Balaban J connectivity index is 1.47. The first kappa shape index (κ1) is 33.3. The van der Waals surface area contributed by atoms with E-state index in [1.165, 1.54) is 0 Å². The molecule has 49 heavy (non-hydrogen) atoms. The Bertz CT molecular complexity index is 1910. The Hall–Kier alpha value is -4.25. The fourth-order valence-corrected chi connectivity index (χ4v) is 8.38. The standard InChI is InChI=1S/C39H41BrN2O7/c1-41-14-12-26-20-35(47-5)38(40)39-37(26)29(41)16-24-8-11-31(45-3)33(18-24)48-27-9-6-23(7-10-27)17-30-28-21-34(49-39)32(46-4)19-25(28)13-15-42(30,2)22-36(43)44/h6-11,18-21,29-30H,12-17,22H2,1-5H3/p+1. The van der Waals surface area contributed by atoms with E-state index in [0.29, 0.717) is 64.1 Å². The molecule has 4 aliphatic rings. The van der Waals surface area contributed by atoms with Crippen molar-refractivity contribution in [3.63, 3.8) is 0 Å². The molecule has 0 amide bonds. The van der Waals surface area contributed by atoms with Gasteiger partial charge in [-0.15, -0.1) is 0 Å². The molecule has 0 aromatic heterocycles. The van der Waals surface area contributed by atoms with Crippen LogP contribution in [0.1, 0.15) is 45.5 Å². The van der Waals surface area contributed by atoms with Gasteiger partial charge in [0.1, 0.15) is 22.0 Å². The molecule has 0 saturated heterocycles. The summed E-state index contributed by atoms with van der Waals surface area (Å²) in [6, 6.07) is 20.3. The fourth-order valence-electron chi connectivity index (χ4n) is 7.81. The topological polar surface area (TPSA) is 86.7 Å². The Labute approximate surface area is 295 Å². The van der Waals surface area contributed by atoms with Gasteiger partial charge in [-0.2, -0.15) is 0 Å². The lowest BCUT2D eigenvalue weighted by Crippen LogP contribution is -2.54. The summed E-state index contributed by atoms with van der Waals surface area (Å²) in [7, 11) is 9.18. The molecule has 3 unspecified atom stereocenters. The van der Waals surface area contributed by atoms with E-state index in [-0.39, 0.29) is 18.6 Å². The van der Waals surface area contributed by atoms with Gasteiger partial charge in [0.2, 0.25) is 0 Å².